The van der Waals surface area contributed by atoms with Crippen molar-refractivity contribution in [2.75, 3.05) is 0 Å². The molecule has 1 aliphatic rings. The predicted octanol–water partition coefficient (Wildman–Crippen LogP) is 7.56. The maximum atomic E-state index is 5.90. The van der Waals surface area contributed by atoms with E-state index in [1.165, 1.54) is 56.1 Å². The average Bonchev–Trinajstić information content (AvgIpc) is 2.72. The minimum atomic E-state index is 0.671. The van der Waals surface area contributed by atoms with Gasteiger partial charge in [0, 0.05) is 10.6 Å². The zero-order valence-corrected chi connectivity index (χ0v) is 17.0. The highest BCUT2D eigenvalue weighted by atomic mass is 35.5. The first-order valence-electron chi connectivity index (χ1n) is 10.3. The maximum Gasteiger partial charge on any atom is 0.0406 e. The molecule has 140 valence electrons. The summed E-state index contributed by atoms with van der Waals surface area (Å²) in [5, 5.41) is 0.753. The molecule has 0 aromatic heterocycles. The first-order valence-corrected chi connectivity index (χ1v) is 10.6. The molecule has 1 heteroatoms. The Balaban J connectivity index is 1.46. The van der Waals surface area contributed by atoms with Gasteiger partial charge in [-0.05, 0) is 91.8 Å². The highest BCUT2D eigenvalue weighted by Gasteiger charge is 2.20. The second kappa shape index (κ2) is 10.4. The third-order valence-electron chi connectivity index (χ3n) is 5.55. The quantitative estimate of drug-likeness (QED) is 0.472. The monoisotopic (exact) mass is 376 g/mol. The van der Waals surface area contributed by atoms with Gasteiger partial charge < -0.3 is 0 Å². The van der Waals surface area contributed by atoms with E-state index >= 15 is 0 Å². The first-order chi connectivity index (χ1) is 13.2. The van der Waals surface area contributed by atoms with E-state index in [2.05, 4.69) is 49.1 Å². The lowest BCUT2D eigenvalue weighted by Crippen LogP contribution is -2.11. The normalized spacial score (nSPS) is 19.6. The zero-order chi connectivity index (χ0) is 18.9. The number of halogens is 1. The van der Waals surface area contributed by atoms with Crippen LogP contribution in [-0.2, 0) is 6.42 Å². The van der Waals surface area contributed by atoms with E-state index in [4.69, 9.17) is 11.6 Å². The molecule has 0 spiro atoms. The summed E-state index contributed by atoms with van der Waals surface area (Å²) < 4.78 is 0. The molecule has 0 atom stereocenters. The number of rotatable bonds is 5. The topological polar surface area (TPSA) is 0 Å². The van der Waals surface area contributed by atoms with E-state index in [0.29, 0.717) is 5.92 Å². The summed E-state index contributed by atoms with van der Waals surface area (Å²) >= 11 is 5.90. The Morgan fingerprint density at radius 1 is 0.963 bits per heavy atom. The van der Waals surface area contributed by atoms with Crippen LogP contribution >= 0.6 is 11.6 Å². The summed E-state index contributed by atoms with van der Waals surface area (Å²) in [5.74, 6) is 7.73. The van der Waals surface area contributed by atoms with E-state index in [1.54, 1.807) is 0 Å². The largest absolute Gasteiger partial charge is 0.0843 e. The molecule has 2 aromatic rings. The van der Waals surface area contributed by atoms with Crippen LogP contribution in [0.5, 0.6) is 0 Å². The van der Waals surface area contributed by atoms with Gasteiger partial charge in [0.2, 0.25) is 0 Å². The Kier molecular flexibility index (Phi) is 7.61. The fourth-order valence-electron chi connectivity index (χ4n) is 3.82. The highest BCUT2D eigenvalue weighted by Crippen LogP contribution is 2.36. The van der Waals surface area contributed by atoms with Crippen molar-refractivity contribution in [3.05, 3.63) is 82.4 Å². The summed E-state index contributed by atoms with van der Waals surface area (Å²) in [6.45, 7) is 2.25. The van der Waals surface area contributed by atoms with Crippen molar-refractivity contribution in [2.45, 2.75) is 57.8 Å². The van der Waals surface area contributed by atoms with Crippen LogP contribution < -0.4 is 0 Å². The molecule has 0 saturated heterocycles. The lowest BCUT2D eigenvalue weighted by atomic mass is 9.78. The van der Waals surface area contributed by atoms with E-state index in [0.717, 1.165) is 16.5 Å². The molecule has 2 aromatic carbocycles. The minimum Gasteiger partial charge on any atom is -0.0843 e. The molecule has 0 aliphatic heterocycles. The predicted molar refractivity (Wildman–Crippen MR) is 117 cm³/mol. The Hall–Kier alpha value is -1.97. The average molecular weight is 377 g/mol. The third-order valence-corrected chi connectivity index (χ3v) is 5.81. The molecule has 1 aliphatic carbocycles. The number of unbranched alkanes of at least 4 members (excludes halogenated alkanes) is 1. The SMILES string of the molecule is CCCCc1ccc(C2CCC(C=CC#Cc3ccc(Cl)cc3)CC2)cc1. The molecule has 0 unspecified atom stereocenters. The summed E-state index contributed by atoms with van der Waals surface area (Å²) in [6.07, 6.45) is 13.2. The molecular weight excluding hydrogens is 348 g/mol. The van der Waals surface area contributed by atoms with Gasteiger partial charge >= 0.3 is 0 Å². The van der Waals surface area contributed by atoms with Crippen molar-refractivity contribution in [3.8, 4) is 11.8 Å². The van der Waals surface area contributed by atoms with Crippen molar-refractivity contribution in [1.82, 2.24) is 0 Å². The van der Waals surface area contributed by atoms with Gasteiger partial charge in [0.25, 0.3) is 0 Å². The second-order valence-corrected chi connectivity index (χ2v) is 8.03. The van der Waals surface area contributed by atoms with Gasteiger partial charge in [-0.15, -0.1) is 0 Å². The number of benzene rings is 2. The fraction of sp³-hybridized carbons (Fsp3) is 0.385. The summed E-state index contributed by atoms with van der Waals surface area (Å²) in [7, 11) is 0. The fourth-order valence-corrected chi connectivity index (χ4v) is 3.95. The zero-order valence-electron chi connectivity index (χ0n) is 16.3. The summed E-state index contributed by atoms with van der Waals surface area (Å²) in [4.78, 5) is 0. The van der Waals surface area contributed by atoms with Crippen molar-refractivity contribution in [2.24, 2.45) is 5.92 Å². The van der Waals surface area contributed by atoms with Gasteiger partial charge in [0.15, 0.2) is 0 Å². The van der Waals surface area contributed by atoms with Crippen LogP contribution in [0.3, 0.4) is 0 Å². The summed E-state index contributed by atoms with van der Waals surface area (Å²) in [6, 6.07) is 17.1. The van der Waals surface area contributed by atoms with E-state index in [-0.39, 0.29) is 0 Å². The van der Waals surface area contributed by atoms with Gasteiger partial charge in [0.05, 0.1) is 0 Å². The molecule has 1 saturated carbocycles. The number of hydrogen-bond acceptors (Lipinski definition) is 0. The van der Waals surface area contributed by atoms with Gasteiger partial charge in [-0.25, -0.2) is 0 Å². The van der Waals surface area contributed by atoms with Crippen LogP contribution in [-0.4, -0.2) is 0 Å². The second-order valence-electron chi connectivity index (χ2n) is 7.59. The van der Waals surface area contributed by atoms with Crippen LogP contribution in [0.15, 0.2) is 60.7 Å². The van der Waals surface area contributed by atoms with Gasteiger partial charge in [-0.3, -0.25) is 0 Å². The van der Waals surface area contributed by atoms with Crippen molar-refractivity contribution in [1.29, 1.82) is 0 Å². The molecule has 27 heavy (non-hydrogen) atoms. The van der Waals surface area contributed by atoms with Crippen molar-refractivity contribution < 1.29 is 0 Å². The third kappa shape index (κ3) is 6.30. The molecule has 1 fully saturated rings. The minimum absolute atomic E-state index is 0.671. The van der Waals surface area contributed by atoms with E-state index < -0.39 is 0 Å². The van der Waals surface area contributed by atoms with E-state index in [9.17, 15) is 0 Å². The molecule has 0 N–H and O–H groups in total. The standard InChI is InChI=1S/C26H29Cl/c1-2-3-6-21-9-15-24(16-10-21)25-17-11-22(12-18-25)7-4-5-8-23-13-19-26(27)20-14-23/h4,7,9-10,13-16,19-20,22,25H,2-3,6,11-12,17-18H2,1H3. The number of allylic oxidation sites excluding steroid dienone is 2. The number of aryl methyl sites for hydroxylation is 1. The van der Waals surface area contributed by atoms with Crippen LogP contribution in [0.25, 0.3) is 0 Å². The lowest BCUT2D eigenvalue weighted by molar-refractivity contribution is 0.376. The van der Waals surface area contributed by atoms with Gasteiger partial charge in [0.1, 0.15) is 0 Å². The molecule has 3 rings (SSSR count). The van der Waals surface area contributed by atoms with Gasteiger partial charge in [-0.2, -0.15) is 0 Å². The van der Waals surface area contributed by atoms with Gasteiger partial charge in [-0.1, -0.05) is 67.1 Å². The van der Waals surface area contributed by atoms with Crippen molar-refractivity contribution in [3.63, 3.8) is 0 Å². The smallest absolute Gasteiger partial charge is 0.0406 e. The van der Waals surface area contributed by atoms with Crippen LogP contribution in [0.4, 0.5) is 0 Å². The van der Waals surface area contributed by atoms with Crippen LogP contribution in [0.1, 0.15) is 68.1 Å². The Labute approximate surface area is 169 Å². The molecule has 0 amide bonds. The van der Waals surface area contributed by atoms with Crippen molar-refractivity contribution >= 4 is 11.6 Å². The molecule has 0 nitrogen and oxygen atoms in total. The lowest BCUT2D eigenvalue weighted by Gasteiger charge is -2.27. The Morgan fingerprint density at radius 2 is 1.67 bits per heavy atom. The molecule has 0 heterocycles. The summed E-state index contributed by atoms with van der Waals surface area (Å²) in [5.41, 5.74) is 4.02. The van der Waals surface area contributed by atoms with E-state index in [1.807, 2.05) is 30.3 Å². The molecular formula is C26H29Cl. The Bertz CT molecular complexity index is 779. The number of hydrogen-bond donors (Lipinski definition) is 0. The molecule has 0 bridgehead atoms. The molecule has 0 radical (unpaired) electrons. The van der Waals surface area contributed by atoms with Crippen LogP contribution in [0, 0.1) is 17.8 Å². The first kappa shape index (κ1) is 19.8. The Morgan fingerprint density at radius 3 is 2.33 bits per heavy atom. The maximum absolute atomic E-state index is 5.90. The van der Waals surface area contributed by atoms with Crippen LogP contribution in [0.2, 0.25) is 5.02 Å². The highest BCUT2D eigenvalue weighted by molar-refractivity contribution is 6.30.